The van der Waals surface area contributed by atoms with Crippen LogP contribution in [0.5, 0.6) is 0 Å². The fourth-order valence-corrected chi connectivity index (χ4v) is 0.825. The molecular formula is C7H20N2O+2. The van der Waals surface area contributed by atoms with Crippen molar-refractivity contribution in [1.29, 1.82) is 0 Å². The summed E-state index contributed by atoms with van der Waals surface area (Å²) in [5.41, 5.74) is 7.58. The van der Waals surface area contributed by atoms with Crippen molar-refractivity contribution in [2.24, 2.45) is 0 Å². The van der Waals surface area contributed by atoms with Gasteiger partial charge in [-0.15, -0.1) is 0 Å². The molecule has 0 aromatic heterocycles. The molecule has 0 aliphatic carbocycles. The zero-order valence-corrected chi connectivity index (χ0v) is 6.84. The van der Waals surface area contributed by atoms with Gasteiger partial charge in [-0.25, -0.2) is 0 Å². The van der Waals surface area contributed by atoms with Crippen molar-refractivity contribution in [3.63, 3.8) is 0 Å². The van der Waals surface area contributed by atoms with E-state index < -0.39 is 0 Å². The predicted octanol–water partition coefficient (Wildman–Crippen LogP) is -1.61. The van der Waals surface area contributed by atoms with E-state index in [0.29, 0.717) is 0 Å². The molecule has 0 aromatic rings. The standard InChI is InChI=1S/C7H18N2O/c1-6(10)7(9)4-2-3-5-8/h6-7,10H,2-5,8-9H2,1H3/p+2. The van der Waals surface area contributed by atoms with Gasteiger partial charge >= 0.3 is 0 Å². The summed E-state index contributed by atoms with van der Waals surface area (Å²) >= 11 is 0. The van der Waals surface area contributed by atoms with E-state index in [-0.39, 0.29) is 12.1 Å². The largest absolute Gasteiger partial charge is 0.387 e. The van der Waals surface area contributed by atoms with Gasteiger partial charge in [0.2, 0.25) is 0 Å². The van der Waals surface area contributed by atoms with Gasteiger partial charge in [0, 0.05) is 6.42 Å². The van der Waals surface area contributed by atoms with Crippen LogP contribution in [0.25, 0.3) is 0 Å². The Bertz CT molecular complexity index is 76.0. The van der Waals surface area contributed by atoms with Gasteiger partial charge < -0.3 is 16.6 Å². The van der Waals surface area contributed by atoms with Gasteiger partial charge in [0.1, 0.15) is 12.1 Å². The first-order valence-corrected chi connectivity index (χ1v) is 3.99. The van der Waals surface area contributed by atoms with Crippen LogP contribution in [0.2, 0.25) is 0 Å². The minimum absolute atomic E-state index is 0.201. The molecule has 2 unspecified atom stereocenters. The van der Waals surface area contributed by atoms with Crippen molar-refractivity contribution in [3.05, 3.63) is 0 Å². The summed E-state index contributed by atoms with van der Waals surface area (Å²) in [4.78, 5) is 0. The number of rotatable bonds is 5. The normalized spacial score (nSPS) is 16.8. The molecule has 10 heavy (non-hydrogen) atoms. The van der Waals surface area contributed by atoms with Crippen LogP contribution < -0.4 is 11.5 Å². The van der Waals surface area contributed by atoms with Crippen LogP contribution in [0.3, 0.4) is 0 Å². The molecule has 0 saturated heterocycles. The highest BCUT2D eigenvalue weighted by molar-refractivity contribution is 4.59. The van der Waals surface area contributed by atoms with Crippen LogP contribution in [-0.4, -0.2) is 23.8 Å². The van der Waals surface area contributed by atoms with E-state index in [2.05, 4.69) is 11.5 Å². The Morgan fingerprint density at radius 2 is 2.00 bits per heavy atom. The van der Waals surface area contributed by atoms with Crippen molar-refractivity contribution in [2.45, 2.75) is 38.3 Å². The molecule has 3 nitrogen and oxygen atoms in total. The maximum atomic E-state index is 9.04. The third-order valence-corrected chi connectivity index (χ3v) is 1.76. The second-order valence-electron chi connectivity index (χ2n) is 2.85. The summed E-state index contributed by atoms with van der Waals surface area (Å²) in [5.74, 6) is 0. The van der Waals surface area contributed by atoms with E-state index in [9.17, 15) is 0 Å². The van der Waals surface area contributed by atoms with Gasteiger partial charge in [-0.3, -0.25) is 0 Å². The van der Waals surface area contributed by atoms with Crippen LogP contribution >= 0.6 is 0 Å². The number of aliphatic hydroxyl groups is 1. The van der Waals surface area contributed by atoms with Crippen molar-refractivity contribution in [1.82, 2.24) is 0 Å². The van der Waals surface area contributed by atoms with Crippen LogP contribution in [0.4, 0.5) is 0 Å². The summed E-state index contributed by atoms with van der Waals surface area (Å²) in [5, 5.41) is 9.04. The smallest absolute Gasteiger partial charge is 0.110 e. The van der Waals surface area contributed by atoms with Gasteiger partial charge in [-0.05, 0) is 19.8 Å². The van der Waals surface area contributed by atoms with Gasteiger partial charge in [0.25, 0.3) is 0 Å². The van der Waals surface area contributed by atoms with Gasteiger partial charge in [0.15, 0.2) is 0 Å². The molecule has 0 saturated carbocycles. The average Bonchev–Trinajstić information content (AvgIpc) is 1.88. The highest BCUT2D eigenvalue weighted by Gasteiger charge is 2.11. The second-order valence-corrected chi connectivity index (χ2v) is 2.85. The Labute approximate surface area is 62.4 Å². The third kappa shape index (κ3) is 4.73. The molecule has 0 amide bonds. The lowest BCUT2D eigenvalue weighted by atomic mass is 10.1. The summed E-state index contributed by atoms with van der Waals surface area (Å²) in [6.07, 6.45) is 3.05. The number of unbranched alkanes of at least 4 members (excludes halogenated alkanes) is 1. The highest BCUT2D eigenvalue weighted by Crippen LogP contribution is 1.99. The minimum Gasteiger partial charge on any atom is -0.387 e. The number of hydrogen-bond acceptors (Lipinski definition) is 1. The number of aliphatic hydroxyl groups excluding tert-OH is 1. The van der Waals surface area contributed by atoms with E-state index in [1.165, 1.54) is 0 Å². The molecule has 0 aromatic carbocycles. The van der Waals surface area contributed by atoms with Crippen LogP contribution in [0.15, 0.2) is 0 Å². The molecule has 7 N–H and O–H groups in total. The van der Waals surface area contributed by atoms with Crippen molar-refractivity contribution in [2.75, 3.05) is 6.54 Å². The topological polar surface area (TPSA) is 75.5 Å². The average molecular weight is 148 g/mol. The molecule has 0 aliphatic rings. The van der Waals surface area contributed by atoms with Crippen LogP contribution in [-0.2, 0) is 0 Å². The van der Waals surface area contributed by atoms with Gasteiger partial charge in [0.05, 0.1) is 6.54 Å². The summed E-state index contributed by atoms with van der Waals surface area (Å²) in [6, 6.07) is 0.201. The Hall–Kier alpha value is -0.120. The second kappa shape index (κ2) is 5.65. The van der Waals surface area contributed by atoms with E-state index in [4.69, 9.17) is 5.11 Å². The summed E-state index contributed by atoms with van der Waals surface area (Å²) in [7, 11) is 0. The van der Waals surface area contributed by atoms with Crippen molar-refractivity contribution < 1.29 is 16.6 Å². The summed E-state index contributed by atoms with van der Waals surface area (Å²) in [6.45, 7) is 2.79. The number of quaternary nitrogens is 2. The molecule has 3 heteroatoms. The van der Waals surface area contributed by atoms with Crippen LogP contribution in [0, 0.1) is 0 Å². The molecule has 0 bridgehead atoms. The Kier molecular flexibility index (Phi) is 5.58. The van der Waals surface area contributed by atoms with Gasteiger partial charge in [-0.1, -0.05) is 0 Å². The first kappa shape index (κ1) is 9.88. The molecule has 0 aliphatic heterocycles. The predicted molar refractivity (Wildman–Crippen MR) is 40.0 cm³/mol. The Morgan fingerprint density at radius 3 is 2.40 bits per heavy atom. The summed E-state index contributed by atoms with van der Waals surface area (Å²) < 4.78 is 0. The minimum atomic E-state index is -0.259. The molecular weight excluding hydrogens is 128 g/mol. The zero-order chi connectivity index (χ0) is 7.98. The molecule has 0 rings (SSSR count). The third-order valence-electron chi connectivity index (χ3n) is 1.76. The molecule has 62 valence electrons. The monoisotopic (exact) mass is 148 g/mol. The lowest BCUT2D eigenvalue weighted by Crippen LogP contribution is -2.65. The molecule has 0 heterocycles. The first-order chi connectivity index (χ1) is 4.68. The Balaban J connectivity index is 3.13. The molecule has 0 fully saturated rings. The van der Waals surface area contributed by atoms with Gasteiger partial charge in [-0.2, -0.15) is 0 Å². The zero-order valence-electron chi connectivity index (χ0n) is 6.84. The van der Waals surface area contributed by atoms with E-state index in [1.54, 1.807) is 6.92 Å². The van der Waals surface area contributed by atoms with E-state index >= 15 is 0 Å². The van der Waals surface area contributed by atoms with E-state index in [0.717, 1.165) is 25.8 Å². The maximum absolute atomic E-state index is 9.04. The highest BCUT2D eigenvalue weighted by atomic mass is 16.3. The fraction of sp³-hybridized carbons (Fsp3) is 1.00. The maximum Gasteiger partial charge on any atom is 0.110 e. The van der Waals surface area contributed by atoms with Crippen molar-refractivity contribution in [3.8, 4) is 0 Å². The van der Waals surface area contributed by atoms with Crippen molar-refractivity contribution >= 4 is 0 Å². The lowest BCUT2D eigenvalue weighted by molar-refractivity contribution is -0.438. The van der Waals surface area contributed by atoms with E-state index in [1.807, 2.05) is 0 Å². The fourth-order valence-electron chi connectivity index (χ4n) is 0.825. The lowest BCUT2D eigenvalue weighted by Gasteiger charge is -2.09. The Morgan fingerprint density at radius 1 is 1.40 bits per heavy atom. The van der Waals surface area contributed by atoms with Crippen LogP contribution in [0.1, 0.15) is 26.2 Å². The number of hydrogen-bond donors (Lipinski definition) is 3. The molecule has 2 atom stereocenters. The molecule has 0 spiro atoms. The first-order valence-electron chi connectivity index (χ1n) is 3.99. The molecule has 0 radical (unpaired) electrons. The quantitative estimate of drug-likeness (QED) is 0.403. The SMILES string of the molecule is CC(O)C([NH3+])CCCC[NH3+].